The van der Waals surface area contributed by atoms with Gasteiger partial charge in [0.1, 0.15) is 11.5 Å². The first-order valence-electron chi connectivity index (χ1n) is 7.71. The molecule has 110 valence electrons. The number of fused-ring (bicyclic) bond motifs is 2. The van der Waals surface area contributed by atoms with Crippen molar-refractivity contribution in [2.24, 2.45) is 0 Å². The summed E-state index contributed by atoms with van der Waals surface area (Å²) in [5, 5.41) is 0. The molecule has 1 nitrogen and oxygen atoms in total. The van der Waals surface area contributed by atoms with Gasteiger partial charge in [0, 0.05) is 0 Å². The van der Waals surface area contributed by atoms with E-state index in [0.29, 0.717) is 0 Å². The van der Waals surface area contributed by atoms with Crippen molar-refractivity contribution in [3.05, 3.63) is 132 Å². The fourth-order valence-corrected chi connectivity index (χ4v) is 2.73. The Balaban J connectivity index is 1.54. The van der Waals surface area contributed by atoms with E-state index in [9.17, 15) is 0 Å². The van der Waals surface area contributed by atoms with Gasteiger partial charge in [-0.2, -0.15) is 0 Å². The lowest BCUT2D eigenvalue weighted by Gasteiger charge is -2.20. The molecule has 0 fully saturated rings. The summed E-state index contributed by atoms with van der Waals surface area (Å²) in [6.07, 6.45) is 33.0. The molecule has 4 aliphatic rings. The van der Waals surface area contributed by atoms with Crippen LogP contribution in [-0.4, -0.2) is 0 Å². The molecule has 4 aliphatic carbocycles. The zero-order valence-electron chi connectivity index (χ0n) is 12.6. The molecule has 2 radical (unpaired) electrons. The second-order valence-electron chi connectivity index (χ2n) is 5.50. The van der Waals surface area contributed by atoms with Gasteiger partial charge in [-0.25, -0.2) is 0 Å². The van der Waals surface area contributed by atoms with Gasteiger partial charge in [-0.05, 0) is 34.4 Å². The molecule has 0 heterocycles. The van der Waals surface area contributed by atoms with Gasteiger partial charge in [0.15, 0.2) is 0 Å². The summed E-state index contributed by atoms with van der Waals surface area (Å²) in [6.45, 7) is 0. The summed E-state index contributed by atoms with van der Waals surface area (Å²) in [5.41, 5.74) is 4.74. The fourth-order valence-electron chi connectivity index (χ4n) is 2.73. The quantitative estimate of drug-likeness (QED) is 0.683. The van der Waals surface area contributed by atoms with E-state index < -0.39 is 0 Å². The van der Waals surface area contributed by atoms with Gasteiger partial charge in [0.2, 0.25) is 0 Å². The molecule has 0 amide bonds. The molecule has 0 aromatic rings. The zero-order valence-corrected chi connectivity index (χ0v) is 12.6. The molecule has 0 bridgehead atoms. The van der Waals surface area contributed by atoms with Crippen LogP contribution in [0.3, 0.4) is 0 Å². The Morgan fingerprint density at radius 3 is 1.48 bits per heavy atom. The first-order chi connectivity index (χ1) is 11.4. The van der Waals surface area contributed by atoms with Crippen LogP contribution in [0.25, 0.3) is 0 Å². The molecule has 23 heavy (non-hydrogen) atoms. The molecule has 1 heteroatoms. The van der Waals surface area contributed by atoms with Gasteiger partial charge in [-0.1, -0.05) is 72.9 Å². The van der Waals surface area contributed by atoms with Gasteiger partial charge in [0.05, 0.1) is 12.8 Å². The van der Waals surface area contributed by atoms with E-state index in [4.69, 9.17) is 4.74 Å². The van der Waals surface area contributed by atoms with Crippen molar-refractivity contribution in [3.8, 4) is 0 Å². The van der Waals surface area contributed by atoms with Crippen LogP contribution >= 0.6 is 0 Å². The van der Waals surface area contributed by atoms with Crippen LogP contribution in [0, 0.1) is 12.8 Å². The third kappa shape index (κ3) is 3.04. The highest BCUT2D eigenvalue weighted by molar-refractivity contribution is 5.59. The monoisotopic (exact) mass is 296 g/mol. The fraction of sp³-hybridized carbons (Fsp3) is 0. The number of hydrogen-bond acceptors (Lipinski definition) is 1. The molecule has 4 rings (SSSR count). The van der Waals surface area contributed by atoms with Crippen molar-refractivity contribution in [2.75, 3.05) is 0 Å². The highest BCUT2D eigenvalue weighted by Gasteiger charge is 2.17. The highest BCUT2D eigenvalue weighted by Crippen LogP contribution is 2.32. The molecular weight excluding hydrogens is 280 g/mol. The van der Waals surface area contributed by atoms with E-state index in [-0.39, 0.29) is 0 Å². The lowest BCUT2D eigenvalue weighted by Crippen LogP contribution is -2.05. The van der Waals surface area contributed by atoms with Gasteiger partial charge in [-0.3, -0.25) is 0 Å². The predicted octanol–water partition coefficient (Wildman–Crippen LogP) is 5.16. The normalized spacial score (nSPS) is 21.6. The van der Waals surface area contributed by atoms with Crippen molar-refractivity contribution in [1.82, 2.24) is 0 Å². The van der Waals surface area contributed by atoms with Gasteiger partial charge >= 0.3 is 0 Å². The average Bonchev–Trinajstić information content (AvgIpc) is 2.94. The SMILES string of the molecule is [CH]1C(OC2=CC=C3C=CC=CC=C3[CH]2)=CC=C2C=CC=CC=C12. The molecule has 0 aliphatic heterocycles. The average molecular weight is 296 g/mol. The molecule has 0 spiro atoms. The van der Waals surface area contributed by atoms with E-state index in [1.807, 2.05) is 48.6 Å². The summed E-state index contributed by atoms with van der Waals surface area (Å²) >= 11 is 0. The standard InChI is InChI=1S/C22H16O/c1-3-7-17-11-13-21(15-19(17)9-5-1)23-22-14-12-18-8-4-2-6-10-20(18)16-22/h1-16H. The van der Waals surface area contributed by atoms with E-state index >= 15 is 0 Å². The minimum atomic E-state index is 0.850. The maximum absolute atomic E-state index is 6.06. The first kappa shape index (κ1) is 13.8. The summed E-state index contributed by atoms with van der Waals surface area (Å²) in [5.74, 6) is 1.70. The van der Waals surface area contributed by atoms with Crippen molar-refractivity contribution < 1.29 is 4.74 Å². The second kappa shape index (κ2) is 6.13. The van der Waals surface area contributed by atoms with Crippen LogP contribution in [-0.2, 0) is 4.74 Å². The third-order valence-corrected chi connectivity index (χ3v) is 3.90. The predicted molar refractivity (Wildman–Crippen MR) is 94.7 cm³/mol. The number of hydrogen-bond donors (Lipinski definition) is 0. The maximum Gasteiger partial charge on any atom is 0.112 e. The van der Waals surface area contributed by atoms with Crippen LogP contribution in [0.2, 0.25) is 0 Å². The zero-order chi connectivity index (χ0) is 15.5. The molecular formula is C22H16O. The van der Waals surface area contributed by atoms with Crippen molar-refractivity contribution in [3.63, 3.8) is 0 Å². The lowest BCUT2D eigenvalue weighted by molar-refractivity contribution is 0.322. The Morgan fingerprint density at radius 2 is 0.957 bits per heavy atom. The Morgan fingerprint density at radius 1 is 0.435 bits per heavy atom. The molecule has 0 atom stereocenters. The molecule has 0 aromatic heterocycles. The van der Waals surface area contributed by atoms with Crippen LogP contribution in [0.15, 0.2) is 119 Å². The Bertz CT molecular complexity index is 757. The van der Waals surface area contributed by atoms with Crippen LogP contribution < -0.4 is 0 Å². The summed E-state index contributed by atoms with van der Waals surface area (Å²) < 4.78 is 6.06. The minimum Gasteiger partial charge on any atom is -0.465 e. The summed E-state index contributed by atoms with van der Waals surface area (Å²) in [6, 6.07) is 0. The molecule has 0 unspecified atom stereocenters. The molecule has 0 N–H and O–H groups in total. The Kier molecular flexibility index (Phi) is 3.69. The minimum absolute atomic E-state index is 0.850. The summed E-state index contributed by atoms with van der Waals surface area (Å²) in [4.78, 5) is 0. The second-order valence-corrected chi connectivity index (χ2v) is 5.50. The van der Waals surface area contributed by atoms with E-state index in [1.54, 1.807) is 0 Å². The van der Waals surface area contributed by atoms with E-state index in [0.717, 1.165) is 11.5 Å². The topological polar surface area (TPSA) is 9.23 Å². The summed E-state index contributed by atoms with van der Waals surface area (Å²) in [7, 11) is 0. The number of ether oxygens (including phenoxy) is 1. The third-order valence-electron chi connectivity index (χ3n) is 3.90. The lowest BCUT2D eigenvalue weighted by atomic mass is 9.95. The van der Waals surface area contributed by atoms with Crippen LogP contribution in [0.4, 0.5) is 0 Å². The van der Waals surface area contributed by atoms with Crippen molar-refractivity contribution in [1.29, 1.82) is 0 Å². The molecule has 0 aromatic carbocycles. The largest absolute Gasteiger partial charge is 0.465 e. The van der Waals surface area contributed by atoms with Crippen LogP contribution in [0.5, 0.6) is 0 Å². The Hall–Kier alpha value is -2.80. The van der Waals surface area contributed by atoms with E-state index in [1.165, 1.54) is 22.3 Å². The molecule has 0 saturated carbocycles. The highest BCUT2D eigenvalue weighted by atomic mass is 16.5. The van der Waals surface area contributed by atoms with Gasteiger partial charge in [0.25, 0.3) is 0 Å². The number of allylic oxidation sites excluding steroid dienone is 18. The maximum atomic E-state index is 6.06. The first-order valence-corrected chi connectivity index (χ1v) is 7.71. The van der Waals surface area contributed by atoms with Crippen LogP contribution in [0.1, 0.15) is 0 Å². The van der Waals surface area contributed by atoms with E-state index in [2.05, 4.69) is 49.3 Å². The molecule has 0 saturated heterocycles. The van der Waals surface area contributed by atoms with Gasteiger partial charge < -0.3 is 4.74 Å². The van der Waals surface area contributed by atoms with Crippen molar-refractivity contribution in [2.45, 2.75) is 0 Å². The smallest absolute Gasteiger partial charge is 0.112 e. The van der Waals surface area contributed by atoms with Crippen molar-refractivity contribution >= 4 is 0 Å². The Labute approximate surface area is 137 Å². The van der Waals surface area contributed by atoms with Gasteiger partial charge in [-0.15, -0.1) is 0 Å². The number of rotatable bonds is 2.